The van der Waals surface area contributed by atoms with Gasteiger partial charge < -0.3 is 45.1 Å². The van der Waals surface area contributed by atoms with Crippen molar-refractivity contribution in [3.05, 3.63) is 75.3 Å². The number of nitrogens with zero attached hydrogens (tertiary/aromatic N) is 11. The molecule has 1 saturated carbocycles. The summed E-state index contributed by atoms with van der Waals surface area (Å²) in [5, 5.41) is 45.0. The number of hydrogen-bond acceptors (Lipinski definition) is 19. The van der Waals surface area contributed by atoms with Crippen LogP contribution < -0.4 is 20.5 Å². The number of benzene rings is 1. The summed E-state index contributed by atoms with van der Waals surface area (Å²) in [4.78, 5) is 47.1. The van der Waals surface area contributed by atoms with E-state index in [9.17, 15) is 25.1 Å². The Balaban J connectivity index is 0.000000283. The van der Waals surface area contributed by atoms with Gasteiger partial charge in [-0.25, -0.2) is 14.6 Å². The Morgan fingerprint density at radius 1 is 1.11 bits per heavy atom. The predicted molar refractivity (Wildman–Crippen MR) is 275 cm³/mol. The molecule has 3 unspecified atom stereocenters. The number of aryl methyl sites for hydroxylation is 2. The van der Waals surface area contributed by atoms with Crippen molar-refractivity contribution in [3.63, 3.8) is 0 Å². The Labute approximate surface area is 433 Å². The topological polar surface area (TPSA) is 270 Å². The highest BCUT2D eigenvalue weighted by Gasteiger charge is 2.46. The SMILES string of the molecule is CC1(COc2cn(CC(=O)N3CCC(O)C3)nn2)CCN(CC2(COc3nccc(-c4noc(C5CCCc6sc(N)c(C#N)c65)n4)n3)CC2)CC1.CCC.Cc1ncsc1-c1ccc(C(C)NC=O)c(O)c1. The molecule has 0 bridgehead atoms. The number of hydrogen-bond donors (Lipinski definition) is 4. The van der Waals surface area contributed by atoms with Crippen LogP contribution in [-0.2, 0) is 22.6 Å². The second-order valence-electron chi connectivity index (χ2n) is 19.9. The van der Waals surface area contributed by atoms with Crippen molar-refractivity contribution in [1.29, 1.82) is 5.26 Å². The summed E-state index contributed by atoms with van der Waals surface area (Å²) >= 11 is 3.02. The number of nitrogen functional groups attached to an aromatic ring is 1. The molecule has 20 nitrogen and oxygen atoms in total. The normalized spacial score (nSPS) is 19.0. The number of aliphatic hydroxyl groups is 1. The lowest BCUT2D eigenvalue weighted by atomic mass is 9.81. The van der Waals surface area contributed by atoms with Crippen molar-refractivity contribution in [2.75, 3.05) is 51.7 Å². The lowest BCUT2D eigenvalue weighted by Crippen LogP contribution is -2.44. The fraction of sp³-hybridized carbons (Fsp3) is 0.529. The monoisotopic (exact) mass is 1040 g/mol. The molecule has 4 aliphatic rings. The van der Waals surface area contributed by atoms with Gasteiger partial charge in [-0.1, -0.05) is 54.8 Å². The van der Waals surface area contributed by atoms with E-state index in [1.807, 2.05) is 26.0 Å². The van der Waals surface area contributed by atoms with Gasteiger partial charge >= 0.3 is 6.01 Å². The number of ether oxygens (including phenoxy) is 2. The Bertz CT molecular complexity index is 2860. The zero-order chi connectivity index (χ0) is 51.7. The number of phenols is 1. The summed E-state index contributed by atoms with van der Waals surface area (Å²) in [6, 6.07) is 9.54. The van der Waals surface area contributed by atoms with Crippen molar-refractivity contribution < 1.29 is 33.8 Å². The number of thiophene rings is 1. The molecule has 2 saturated heterocycles. The van der Waals surface area contributed by atoms with Crippen LogP contribution in [-0.4, -0.2) is 124 Å². The number of rotatable bonds is 16. The molecule has 73 heavy (non-hydrogen) atoms. The molecule has 1 aromatic carbocycles. The van der Waals surface area contributed by atoms with Crippen LogP contribution in [0.3, 0.4) is 0 Å². The molecule has 6 aromatic rings. The largest absolute Gasteiger partial charge is 0.508 e. The van der Waals surface area contributed by atoms with E-state index in [0.29, 0.717) is 78.6 Å². The molecule has 2 aliphatic heterocycles. The van der Waals surface area contributed by atoms with Crippen LogP contribution in [0.25, 0.3) is 22.0 Å². The molecule has 22 heteroatoms. The van der Waals surface area contributed by atoms with Crippen LogP contribution >= 0.6 is 22.7 Å². The molecule has 3 fully saturated rings. The van der Waals surface area contributed by atoms with Crippen molar-refractivity contribution in [3.8, 4) is 45.7 Å². The van der Waals surface area contributed by atoms with Gasteiger partial charge in [0.15, 0.2) is 0 Å². The number of phenolic OH excluding ortho intramolecular Hbond substituents is 1. The quantitative estimate of drug-likeness (QED) is 0.0705. The molecule has 5 aromatic heterocycles. The molecular weight excluding hydrogens is 971 g/mol. The van der Waals surface area contributed by atoms with E-state index in [1.54, 1.807) is 46.3 Å². The highest BCUT2D eigenvalue weighted by Crippen LogP contribution is 2.48. The predicted octanol–water partition coefficient (Wildman–Crippen LogP) is 7.08. The van der Waals surface area contributed by atoms with Gasteiger partial charge in [0.05, 0.1) is 59.1 Å². The Morgan fingerprint density at radius 3 is 2.59 bits per heavy atom. The first-order valence-electron chi connectivity index (χ1n) is 25.0. The summed E-state index contributed by atoms with van der Waals surface area (Å²) in [6.45, 7) is 15.2. The summed E-state index contributed by atoms with van der Waals surface area (Å²) in [5.74, 6) is 1.17. The van der Waals surface area contributed by atoms with E-state index >= 15 is 0 Å². The number of nitrogens with one attached hydrogen (secondary N) is 1. The number of thiazole rings is 1. The number of amides is 2. The maximum atomic E-state index is 12.5. The number of piperidine rings is 1. The highest BCUT2D eigenvalue weighted by molar-refractivity contribution is 7.16. The van der Waals surface area contributed by atoms with Crippen LogP contribution in [0.5, 0.6) is 17.6 Å². The second-order valence-corrected chi connectivity index (χ2v) is 21.9. The Kier molecular flexibility index (Phi) is 17.0. The smallest absolute Gasteiger partial charge is 0.317 e. The number of carbonyl (C=O) groups is 2. The van der Waals surface area contributed by atoms with Crippen LogP contribution in [0.1, 0.15) is 124 Å². The minimum atomic E-state index is -0.447. The van der Waals surface area contributed by atoms with Crippen molar-refractivity contribution in [2.45, 2.75) is 117 Å². The number of aromatic hydroxyl groups is 1. The number of likely N-dealkylation sites (tertiary alicyclic amines) is 2. The van der Waals surface area contributed by atoms with E-state index in [4.69, 9.17) is 19.7 Å². The van der Waals surface area contributed by atoms with Gasteiger partial charge in [-0.3, -0.25) is 9.59 Å². The third-order valence-electron chi connectivity index (χ3n) is 13.8. The standard InChI is InChI=1S/C35H43N11O5S.C13H14N2O2S.C3H8/c1-34(20-49-27-17-46(43-41-27)18-28(48)45-12-6-22(47)16-45)9-13-44(14-10-34)19-35(7-8-35)21-50-33-38-11-5-25(39-33)31-40-32(51-42-31)23-3-2-4-26-29(23)24(15-36)30(37)52-26;1-8(14-6-16)11-4-3-10(5-12(11)17)13-9(2)15-7-18-13;1-3-2/h5,11,17,22-23,47H,2-4,6-10,12-14,16,18-21,37H2,1H3;3-8,17H,1-2H3,(H,14,16);3H2,1-2H3. The molecule has 0 radical (unpaired) electrons. The van der Waals surface area contributed by atoms with E-state index in [-0.39, 0.29) is 47.0 Å². The van der Waals surface area contributed by atoms with Gasteiger partial charge in [-0.2, -0.15) is 15.2 Å². The first-order chi connectivity index (χ1) is 35.2. The number of aromatic nitrogens is 8. The number of nitriles is 1. The fourth-order valence-corrected chi connectivity index (χ4v) is 11.3. The Hall–Kier alpha value is -6.54. The first kappa shape index (κ1) is 52.8. The van der Waals surface area contributed by atoms with Gasteiger partial charge in [-0.05, 0) is 102 Å². The lowest BCUT2D eigenvalue weighted by Gasteiger charge is -2.40. The molecule has 388 valence electrons. The molecule has 2 aliphatic carbocycles. The minimum Gasteiger partial charge on any atom is -0.508 e. The second kappa shape index (κ2) is 23.6. The maximum Gasteiger partial charge on any atom is 0.317 e. The van der Waals surface area contributed by atoms with Gasteiger partial charge in [0.2, 0.25) is 24.0 Å². The van der Waals surface area contributed by atoms with Crippen molar-refractivity contribution >= 4 is 40.0 Å². The molecule has 2 amide bonds. The summed E-state index contributed by atoms with van der Waals surface area (Å²) in [7, 11) is 0. The number of carbonyl (C=O) groups excluding carboxylic acids is 2. The van der Waals surface area contributed by atoms with Gasteiger partial charge in [0.1, 0.15) is 29.1 Å². The summed E-state index contributed by atoms with van der Waals surface area (Å²) in [5.41, 5.74) is 12.6. The lowest BCUT2D eigenvalue weighted by molar-refractivity contribution is -0.131. The third kappa shape index (κ3) is 13.0. The number of nitrogens with two attached hydrogens (primary N) is 1. The zero-order valence-electron chi connectivity index (χ0n) is 42.1. The van der Waals surface area contributed by atoms with E-state index in [2.05, 4.69) is 72.5 Å². The maximum absolute atomic E-state index is 12.5. The molecule has 3 atom stereocenters. The van der Waals surface area contributed by atoms with Crippen LogP contribution in [0.15, 0.2) is 46.7 Å². The van der Waals surface area contributed by atoms with Gasteiger partial charge in [0, 0.05) is 47.1 Å². The highest BCUT2D eigenvalue weighted by atomic mass is 32.1. The number of fused-ring (bicyclic) bond motifs is 1. The average molecular weight is 1040 g/mol. The number of anilines is 1. The van der Waals surface area contributed by atoms with Crippen LogP contribution in [0, 0.1) is 29.1 Å². The van der Waals surface area contributed by atoms with Crippen LogP contribution in [0.2, 0.25) is 0 Å². The number of β-amino-alcohol motifs (C(OH)–C–C–N with tert-alkyl or cyclic N) is 1. The van der Waals surface area contributed by atoms with Crippen molar-refractivity contribution in [2.24, 2.45) is 10.8 Å². The third-order valence-corrected chi connectivity index (χ3v) is 15.9. The molecule has 7 heterocycles. The molecule has 10 rings (SSSR count). The number of aliphatic hydroxyl groups excluding tert-OH is 1. The first-order valence-corrected chi connectivity index (χ1v) is 26.7. The van der Waals surface area contributed by atoms with Gasteiger partial charge in [-0.15, -0.1) is 22.7 Å². The van der Waals surface area contributed by atoms with Crippen molar-refractivity contribution in [1.82, 2.24) is 55.2 Å². The van der Waals surface area contributed by atoms with Crippen LogP contribution in [0.4, 0.5) is 5.00 Å². The van der Waals surface area contributed by atoms with E-state index < -0.39 is 6.10 Å². The van der Waals surface area contributed by atoms with E-state index in [1.165, 1.54) is 22.4 Å². The average Bonchev–Trinajstić information content (AvgIpc) is 4.01. The van der Waals surface area contributed by atoms with E-state index in [0.717, 1.165) is 91.2 Å². The molecular formula is C51H65N13O7S2. The fourth-order valence-electron chi connectivity index (χ4n) is 9.37. The summed E-state index contributed by atoms with van der Waals surface area (Å²) in [6.07, 6.45) is 12.2. The molecule has 0 spiro atoms. The minimum absolute atomic E-state index is 0.00660. The zero-order valence-corrected chi connectivity index (χ0v) is 43.8. The molecule has 5 N–H and O–H groups in total. The summed E-state index contributed by atoms with van der Waals surface area (Å²) < 4.78 is 19.4. The van der Waals surface area contributed by atoms with Gasteiger partial charge in [0.25, 0.3) is 5.88 Å². The Morgan fingerprint density at radius 2 is 1.90 bits per heavy atom.